The third kappa shape index (κ3) is 2.64. The van der Waals surface area contributed by atoms with Crippen molar-refractivity contribution in [3.8, 4) is 0 Å². The first-order chi connectivity index (χ1) is 7.65. The van der Waals surface area contributed by atoms with Gasteiger partial charge in [0.2, 0.25) is 0 Å². The second-order valence-corrected chi connectivity index (χ2v) is 5.27. The summed E-state index contributed by atoms with van der Waals surface area (Å²) in [6, 6.07) is 0. The fourth-order valence-corrected chi connectivity index (χ4v) is 2.51. The van der Waals surface area contributed by atoms with Crippen LogP contribution in [0.1, 0.15) is 43.9 Å². The largest absolute Gasteiger partial charge is 0.312 e. The summed E-state index contributed by atoms with van der Waals surface area (Å²) >= 11 is 0. The summed E-state index contributed by atoms with van der Waals surface area (Å²) in [6.07, 6.45) is 7.64. The molecule has 90 valence electrons. The number of rotatable bonds is 6. The Hall–Kier alpha value is -0.830. The van der Waals surface area contributed by atoms with Gasteiger partial charge >= 0.3 is 0 Å². The summed E-state index contributed by atoms with van der Waals surface area (Å²) in [5.41, 5.74) is 3.12. The molecule has 1 aromatic rings. The first-order valence-electron chi connectivity index (χ1n) is 6.35. The van der Waals surface area contributed by atoms with E-state index >= 15 is 0 Å². The molecule has 1 aromatic heterocycles. The fraction of sp³-hybridized carbons (Fsp3) is 0.769. The lowest BCUT2D eigenvalue weighted by atomic mass is 10.0. The van der Waals surface area contributed by atoms with Gasteiger partial charge in [0.15, 0.2) is 0 Å². The van der Waals surface area contributed by atoms with E-state index in [9.17, 15) is 0 Å². The van der Waals surface area contributed by atoms with Crippen molar-refractivity contribution < 1.29 is 0 Å². The van der Waals surface area contributed by atoms with Gasteiger partial charge in [0.25, 0.3) is 0 Å². The van der Waals surface area contributed by atoms with Gasteiger partial charge in [-0.15, -0.1) is 0 Å². The Morgan fingerprint density at radius 2 is 2.25 bits per heavy atom. The van der Waals surface area contributed by atoms with Crippen molar-refractivity contribution in [2.24, 2.45) is 12.5 Å². The molecule has 0 radical (unpaired) electrons. The van der Waals surface area contributed by atoms with Crippen molar-refractivity contribution in [1.82, 2.24) is 15.1 Å². The van der Waals surface area contributed by atoms with Crippen LogP contribution < -0.4 is 5.32 Å². The van der Waals surface area contributed by atoms with Crippen LogP contribution in [0.3, 0.4) is 0 Å². The Balaban J connectivity index is 1.78. The van der Waals surface area contributed by atoms with E-state index in [1.165, 1.54) is 37.8 Å². The molecule has 0 unspecified atom stereocenters. The average Bonchev–Trinajstić information content (AvgIpc) is 2.89. The lowest BCUT2D eigenvalue weighted by molar-refractivity contribution is 0.420. The number of aryl methyl sites for hydroxylation is 2. The van der Waals surface area contributed by atoms with Gasteiger partial charge in [-0.1, -0.05) is 13.3 Å². The lowest BCUT2D eigenvalue weighted by Gasteiger charge is -2.14. The highest BCUT2D eigenvalue weighted by Crippen LogP contribution is 2.48. The third-order valence-corrected chi connectivity index (χ3v) is 3.67. The number of hydrogen-bond acceptors (Lipinski definition) is 2. The summed E-state index contributed by atoms with van der Waals surface area (Å²) in [7, 11) is 1.98. The number of aromatic nitrogens is 2. The van der Waals surface area contributed by atoms with Crippen molar-refractivity contribution in [2.45, 2.75) is 46.1 Å². The molecule has 0 bridgehead atoms. The highest BCUT2D eigenvalue weighted by atomic mass is 15.2. The average molecular weight is 221 g/mol. The van der Waals surface area contributed by atoms with E-state index in [-0.39, 0.29) is 0 Å². The van der Waals surface area contributed by atoms with Gasteiger partial charge in [0.05, 0.1) is 5.69 Å². The highest BCUT2D eigenvalue weighted by Gasteiger charge is 2.40. The summed E-state index contributed by atoms with van der Waals surface area (Å²) < 4.78 is 1.89. The Morgan fingerprint density at radius 1 is 1.50 bits per heavy atom. The van der Waals surface area contributed by atoms with Gasteiger partial charge in [-0.3, -0.25) is 4.68 Å². The molecule has 3 nitrogen and oxygen atoms in total. The minimum atomic E-state index is 0.644. The predicted octanol–water partition coefficient (Wildman–Crippen LogP) is 2.40. The summed E-state index contributed by atoms with van der Waals surface area (Å²) in [5, 5.41) is 7.94. The van der Waals surface area contributed by atoms with E-state index < -0.39 is 0 Å². The number of nitrogens with one attached hydrogen (secondary N) is 1. The predicted molar refractivity (Wildman–Crippen MR) is 66.2 cm³/mol. The normalized spacial score (nSPS) is 17.7. The van der Waals surface area contributed by atoms with Gasteiger partial charge in [-0.2, -0.15) is 5.10 Å². The van der Waals surface area contributed by atoms with E-state index in [0.717, 1.165) is 12.2 Å². The van der Waals surface area contributed by atoms with Crippen molar-refractivity contribution >= 4 is 0 Å². The van der Waals surface area contributed by atoms with E-state index in [0.29, 0.717) is 5.41 Å². The van der Waals surface area contributed by atoms with Gasteiger partial charge in [-0.25, -0.2) is 0 Å². The van der Waals surface area contributed by atoms with Crippen LogP contribution in [0, 0.1) is 12.3 Å². The molecule has 1 aliphatic carbocycles. The SMILES string of the molecule is CCCC1(CNCc2cn(C)nc2C)CC1. The first kappa shape index (κ1) is 11.6. The highest BCUT2D eigenvalue weighted by molar-refractivity contribution is 5.15. The molecular weight excluding hydrogens is 198 g/mol. The van der Waals surface area contributed by atoms with E-state index in [1.54, 1.807) is 0 Å². The van der Waals surface area contributed by atoms with Crippen LogP contribution in [0.25, 0.3) is 0 Å². The molecule has 1 aliphatic rings. The molecule has 0 spiro atoms. The molecule has 1 saturated carbocycles. The lowest BCUT2D eigenvalue weighted by Crippen LogP contribution is -2.23. The van der Waals surface area contributed by atoms with Crippen molar-refractivity contribution in [3.05, 3.63) is 17.5 Å². The van der Waals surface area contributed by atoms with Gasteiger partial charge in [0, 0.05) is 31.9 Å². The minimum Gasteiger partial charge on any atom is -0.312 e. The standard InChI is InChI=1S/C13H23N3/c1-4-5-13(6-7-13)10-14-8-12-9-16(3)15-11(12)2/h9,14H,4-8,10H2,1-3H3. The number of hydrogen-bond donors (Lipinski definition) is 1. The molecule has 1 heterocycles. The zero-order valence-corrected chi connectivity index (χ0v) is 10.7. The minimum absolute atomic E-state index is 0.644. The maximum atomic E-state index is 4.35. The molecule has 2 rings (SSSR count). The van der Waals surface area contributed by atoms with Crippen molar-refractivity contribution in [1.29, 1.82) is 0 Å². The second-order valence-electron chi connectivity index (χ2n) is 5.27. The third-order valence-electron chi connectivity index (χ3n) is 3.67. The Kier molecular flexibility index (Phi) is 3.33. The van der Waals surface area contributed by atoms with Gasteiger partial charge in [0.1, 0.15) is 0 Å². The van der Waals surface area contributed by atoms with E-state index in [2.05, 4.69) is 30.5 Å². The molecule has 3 heteroatoms. The molecule has 0 saturated heterocycles. The summed E-state index contributed by atoms with van der Waals surface area (Å²) in [6.45, 7) is 6.50. The van der Waals surface area contributed by atoms with Gasteiger partial charge in [-0.05, 0) is 31.6 Å². The zero-order chi connectivity index (χ0) is 11.6. The molecule has 0 aromatic carbocycles. The molecule has 1 fully saturated rings. The molecule has 16 heavy (non-hydrogen) atoms. The molecular formula is C13H23N3. The van der Waals surface area contributed by atoms with Crippen LogP contribution in [0.4, 0.5) is 0 Å². The van der Waals surface area contributed by atoms with Crippen LogP contribution in [-0.2, 0) is 13.6 Å². The molecule has 1 N–H and O–H groups in total. The van der Waals surface area contributed by atoms with Crippen LogP contribution in [0.15, 0.2) is 6.20 Å². The van der Waals surface area contributed by atoms with E-state index in [1.807, 2.05) is 11.7 Å². The Morgan fingerprint density at radius 3 is 2.75 bits per heavy atom. The quantitative estimate of drug-likeness (QED) is 0.799. The molecule has 0 atom stereocenters. The maximum absolute atomic E-state index is 4.35. The number of nitrogens with zero attached hydrogens (tertiary/aromatic N) is 2. The first-order valence-corrected chi connectivity index (χ1v) is 6.35. The van der Waals surface area contributed by atoms with Crippen molar-refractivity contribution in [2.75, 3.05) is 6.54 Å². The molecule has 0 amide bonds. The summed E-state index contributed by atoms with van der Waals surface area (Å²) in [4.78, 5) is 0. The monoisotopic (exact) mass is 221 g/mol. The smallest absolute Gasteiger partial charge is 0.0638 e. The van der Waals surface area contributed by atoms with Crippen LogP contribution in [-0.4, -0.2) is 16.3 Å². The molecule has 0 aliphatic heterocycles. The van der Waals surface area contributed by atoms with Crippen LogP contribution in [0.5, 0.6) is 0 Å². The fourth-order valence-electron chi connectivity index (χ4n) is 2.51. The topological polar surface area (TPSA) is 29.9 Å². The van der Waals surface area contributed by atoms with Gasteiger partial charge < -0.3 is 5.32 Å². The Bertz CT molecular complexity index is 350. The summed E-state index contributed by atoms with van der Waals surface area (Å²) in [5.74, 6) is 0. The van der Waals surface area contributed by atoms with Crippen molar-refractivity contribution in [3.63, 3.8) is 0 Å². The maximum Gasteiger partial charge on any atom is 0.0638 e. The van der Waals surface area contributed by atoms with Crippen LogP contribution in [0.2, 0.25) is 0 Å². The second kappa shape index (κ2) is 4.58. The van der Waals surface area contributed by atoms with Crippen LogP contribution >= 0.6 is 0 Å². The van der Waals surface area contributed by atoms with E-state index in [4.69, 9.17) is 0 Å². The zero-order valence-electron chi connectivity index (χ0n) is 10.7. The Labute approximate surface area is 98.2 Å².